The minimum Gasteiger partial charge on any atom is -0.496 e. The number of hydrogen-bond donors (Lipinski definition) is 0. The Morgan fingerprint density at radius 3 is 0.759 bits per heavy atom. The summed E-state index contributed by atoms with van der Waals surface area (Å²) < 4.78 is 25.6. The number of rotatable bonds is 8. The number of benzene rings is 4. The van der Waals surface area contributed by atoms with Crippen LogP contribution in [0.2, 0.25) is 0 Å². The van der Waals surface area contributed by atoms with Crippen molar-refractivity contribution in [3.05, 3.63) is 115 Å². The van der Waals surface area contributed by atoms with Crippen LogP contribution in [0.5, 0.6) is 23.0 Å². The Morgan fingerprint density at radius 1 is 0.414 bits per heavy atom. The molecule has 4 aromatic carbocycles. The van der Waals surface area contributed by atoms with Gasteiger partial charge in [-0.3, -0.25) is 9.59 Å². The van der Waals surface area contributed by atoms with Crippen LogP contribution in [0.25, 0.3) is 0 Å². The molecule has 0 amide bonds. The lowest BCUT2D eigenvalue weighted by Crippen LogP contribution is -2.18. The van der Waals surface area contributed by atoms with E-state index in [0.29, 0.717) is 37.2 Å². The number of carbonyl (C=O) groups is 2. The molecule has 312 valence electrons. The summed E-state index contributed by atoms with van der Waals surface area (Å²) in [6.07, 6.45) is 1.85. The summed E-state index contributed by atoms with van der Waals surface area (Å²) in [4.78, 5) is 24.7. The van der Waals surface area contributed by atoms with Gasteiger partial charge in [-0.2, -0.15) is 0 Å². The monoisotopic (exact) mass is 828 g/mol. The molecule has 8 bridgehead atoms. The number of hydrogen-bond acceptors (Lipinski definition) is 6. The third-order valence-corrected chi connectivity index (χ3v) is 11.2. The lowest BCUT2D eigenvalue weighted by molar-refractivity contribution is -0.114. The van der Waals surface area contributed by atoms with Gasteiger partial charge in [0.25, 0.3) is 10.5 Å². The van der Waals surface area contributed by atoms with Crippen LogP contribution in [0.15, 0.2) is 48.5 Å². The highest BCUT2D eigenvalue weighted by atomic mass is 35.5. The molecule has 0 N–H and O–H groups in total. The quantitative estimate of drug-likeness (QED) is 0.145. The predicted octanol–water partition coefficient (Wildman–Crippen LogP) is 11.9. The summed E-state index contributed by atoms with van der Waals surface area (Å²) in [5.74, 6) is 2.77. The van der Waals surface area contributed by atoms with Gasteiger partial charge in [0, 0.05) is 25.7 Å². The lowest BCUT2D eigenvalue weighted by Gasteiger charge is -2.29. The van der Waals surface area contributed by atoms with E-state index < -0.39 is 10.5 Å². The maximum absolute atomic E-state index is 12.3. The van der Waals surface area contributed by atoms with Crippen LogP contribution in [-0.2, 0) is 56.9 Å². The molecule has 0 spiro atoms. The number of halogens is 2. The zero-order valence-corrected chi connectivity index (χ0v) is 38.6. The van der Waals surface area contributed by atoms with Crippen LogP contribution in [0.1, 0.15) is 150 Å². The van der Waals surface area contributed by atoms with E-state index in [1.165, 1.54) is 0 Å². The number of carbonyl (C=O) groups excluding carboxylic acids is 2. The van der Waals surface area contributed by atoms with Crippen LogP contribution in [0.3, 0.4) is 0 Å². The molecule has 0 radical (unpaired) electrons. The van der Waals surface area contributed by atoms with Gasteiger partial charge in [-0.25, -0.2) is 0 Å². The minimum absolute atomic E-state index is 0.202. The van der Waals surface area contributed by atoms with Crippen LogP contribution in [0.4, 0.5) is 0 Å². The summed E-state index contributed by atoms with van der Waals surface area (Å²) >= 11 is 12.0. The lowest BCUT2D eigenvalue weighted by atomic mass is 9.79. The normalized spacial score (nSPS) is 13.5. The molecule has 0 saturated carbocycles. The second-order valence-corrected chi connectivity index (χ2v) is 20.7. The highest BCUT2D eigenvalue weighted by Gasteiger charge is 2.29. The molecule has 0 aromatic heterocycles. The standard InChI is InChI=1S/C50H62Cl2O6/c1-47(2,3)37-19-29-15-33-23-39(49(7,8)9)25-35(45(33)57-27-41(51)53)17-31-21-38(48(4,5)6)22-32(44(31)56-14)18-36-26-40(50(10,11)12)24-34(46(36)58-28-42(52)54)16-30(20-37)43(29)55-13/h19-26H,15-18,27-28H2,1-14H3. The second-order valence-electron chi connectivity index (χ2n) is 19.9. The SMILES string of the molecule is COc1c2cc(C(C)(C)C)cc1Cc1cc(C(C)(C)C)cc(c1OCC(=O)Cl)Cc1cc(C(C)(C)C)cc(c1OC)Cc1cc(C(C)(C)C)cc(c1OCC(=O)Cl)C2. The van der Waals surface area contributed by atoms with E-state index >= 15 is 0 Å². The largest absolute Gasteiger partial charge is 0.496 e. The first-order chi connectivity index (χ1) is 26.8. The van der Waals surface area contributed by atoms with E-state index in [0.717, 1.165) is 78.3 Å². The van der Waals surface area contributed by atoms with Gasteiger partial charge in [0.15, 0.2) is 13.2 Å². The molecule has 0 heterocycles. The summed E-state index contributed by atoms with van der Waals surface area (Å²) in [5, 5.41) is -1.15. The van der Waals surface area contributed by atoms with Crippen molar-refractivity contribution < 1.29 is 28.5 Å². The van der Waals surface area contributed by atoms with E-state index in [9.17, 15) is 9.59 Å². The Balaban J connectivity index is 2.00. The van der Waals surface area contributed by atoms with Crippen molar-refractivity contribution in [1.29, 1.82) is 0 Å². The van der Waals surface area contributed by atoms with Gasteiger partial charge in [0.05, 0.1) is 14.2 Å². The van der Waals surface area contributed by atoms with E-state index in [1.54, 1.807) is 14.2 Å². The van der Waals surface area contributed by atoms with Gasteiger partial charge >= 0.3 is 0 Å². The van der Waals surface area contributed by atoms with Gasteiger partial charge < -0.3 is 18.9 Å². The number of ether oxygens (including phenoxy) is 4. The van der Waals surface area contributed by atoms with Crippen molar-refractivity contribution >= 4 is 33.7 Å². The maximum Gasteiger partial charge on any atom is 0.259 e. The van der Waals surface area contributed by atoms with Gasteiger partial charge in [-0.1, -0.05) is 132 Å². The van der Waals surface area contributed by atoms with Crippen LogP contribution in [-0.4, -0.2) is 37.9 Å². The summed E-state index contributed by atoms with van der Waals surface area (Å²) in [7, 11) is 3.42. The number of fused-ring (bicyclic) bond motifs is 8. The molecule has 0 atom stereocenters. The summed E-state index contributed by atoms with van der Waals surface area (Å²) in [5.41, 5.74) is 11.4. The summed E-state index contributed by atoms with van der Waals surface area (Å²) in [6, 6.07) is 17.7. The molecule has 5 rings (SSSR count). The molecular weight excluding hydrogens is 767 g/mol. The Labute approximate surface area is 356 Å². The molecule has 1 aliphatic carbocycles. The van der Waals surface area contributed by atoms with Gasteiger partial charge in [0.1, 0.15) is 23.0 Å². The molecule has 0 aliphatic heterocycles. The first-order valence-electron chi connectivity index (χ1n) is 20.2. The van der Waals surface area contributed by atoms with Crippen molar-refractivity contribution in [1.82, 2.24) is 0 Å². The molecular formula is C50H62Cl2O6. The van der Waals surface area contributed by atoms with Gasteiger partial charge in [-0.15, -0.1) is 0 Å². The van der Waals surface area contributed by atoms with Gasteiger partial charge in [-0.05, 0) is 112 Å². The molecule has 8 heteroatoms. The van der Waals surface area contributed by atoms with Crippen LogP contribution in [0, 0.1) is 0 Å². The van der Waals surface area contributed by atoms with Crippen molar-refractivity contribution in [3.63, 3.8) is 0 Å². The Kier molecular flexibility index (Phi) is 13.2. The van der Waals surface area contributed by atoms with E-state index in [-0.39, 0.29) is 34.9 Å². The van der Waals surface area contributed by atoms with Crippen molar-refractivity contribution in [2.24, 2.45) is 0 Å². The second kappa shape index (κ2) is 16.9. The van der Waals surface area contributed by atoms with Crippen molar-refractivity contribution in [2.75, 3.05) is 27.4 Å². The van der Waals surface area contributed by atoms with Crippen LogP contribution < -0.4 is 18.9 Å². The third kappa shape index (κ3) is 10.4. The Morgan fingerprint density at radius 2 is 0.603 bits per heavy atom. The molecule has 6 nitrogen and oxygen atoms in total. The Hall–Kier alpha value is -4.00. The van der Waals surface area contributed by atoms with Gasteiger partial charge in [0.2, 0.25) is 0 Å². The smallest absolute Gasteiger partial charge is 0.259 e. The topological polar surface area (TPSA) is 71.1 Å². The molecule has 0 unspecified atom stereocenters. The molecule has 0 saturated heterocycles. The molecule has 1 aliphatic rings. The molecule has 58 heavy (non-hydrogen) atoms. The molecule has 4 aromatic rings. The van der Waals surface area contributed by atoms with Crippen molar-refractivity contribution in [2.45, 2.75) is 130 Å². The highest BCUT2D eigenvalue weighted by Crippen LogP contribution is 2.44. The van der Waals surface area contributed by atoms with E-state index in [1.807, 2.05) is 0 Å². The fourth-order valence-corrected chi connectivity index (χ4v) is 7.88. The zero-order valence-electron chi connectivity index (χ0n) is 37.1. The Bertz CT molecular complexity index is 1950. The fourth-order valence-electron chi connectivity index (χ4n) is 7.77. The average molecular weight is 830 g/mol. The highest BCUT2D eigenvalue weighted by molar-refractivity contribution is 6.64. The minimum atomic E-state index is -0.576. The van der Waals surface area contributed by atoms with Crippen LogP contribution >= 0.6 is 23.2 Å². The van der Waals surface area contributed by atoms with E-state index in [4.69, 9.17) is 42.1 Å². The summed E-state index contributed by atoms with van der Waals surface area (Å²) in [6.45, 7) is 25.9. The molecule has 0 fully saturated rings. The van der Waals surface area contributed by atoms with E-state index in [2.05, 4.69) is 132 Å². The zero-order chi connectivity index (χ0) is 43.1. The third-order valence-electron chi connectivity index (χ3n) is 11.0. The predicted molar refractivity (Wildman–Crippen MR) is 238 cm³/mol. The maximum atomic E-state index is 12.3. The average Bonchev–Trinajstić information content (AvgIpc) is 3.08. The number of methoxy groups -OCH3 is 2. The fraction of sp³-hybridized carbons (Fsp3) is 0.480. The first-order valence-corrected chi connectivity index (χ1v) is 20.9. The van der Waals surface area contributed by atoms with Crippen molar-refractivity contribution in [3.8, 4) is 23.0 Å². The first kappa shape index (κ1) is 45.1.